The molecule has 0 fully saturated rings. The van der Waals surface area contributed by atoms with Gasteiger partial charge in [-0.2, -0.15) is 4.21 Å². The summed E-state index contributed by atoms with van der Waals surface area (Å²) in [4.78, 5) is 0. The summed E-state index contributed by atoms with van der Waals surface area (Å²) in [5.41, 5.74) is 6.74. The van der Waals surface area contributed by atoms with Crippen molar-refractivity contribution in [3.8, 4) is 0 Å². The highest BCUT2D eigenvalue weighted by atomic mass is 32.2. The number of anilines is 2. The van der Waals surface area contributed by atoms with Gasteiger partial charge in [-0.15, -0.1) is 4.28 Å². The zero-order valence-electron chi connectivity index (χ0n) is 7.01. The standard InChI is InChI=1S/C7H10N2O3S/c1-9(12-13(10)11)7-4-2-6(8)3-5-7/h2-5H,8H2,1H3,(H,10,11). The molecule has 0 aliphatic carbocycles. The van der Waals surface area contributed by atoms with E-state index < -0.39 is 11.4 Å². The molecule has 1 aromatic rings. The minimum Gasteiger partial charge on any atom is -0.399 e. The van der Waals surface area contributed by atoms with Crippen LogP contribution in [0.3, 0.4) is 0 Å². The monoisotopic (exact) mass is 202 g/mol. The molecule has 3 N–H and O–H groups in total. The van der Waals surface area contributed by atoms with Crippen molar-refractivity contribution in [3.63, 3.8) is 0 Å². The molecule has 5 nitrogen and oxygen atoms in total. The highest BCUT2D eigenvalue weighted by Gasteiger charge is 2.03. The smallest absolute Gasteiger partial charge is 0.325 e. The summed E-state index contributed by atoms with van der Waals surface area (Å²) in [5.74, 6) is 0. The van der Waals surface area contributed by atoms with Gasteiger partial charge in [0.1, 0.15) is 0 Å². The van der Waals surface area contributed by atoms with Crippen molar-refractivity contribution in [3.05, 3.63) is 24.3 Å². The highest BCUT2D eigenvalue weighted by Crippen LogP contribution is 2.14. The predicted octanol–water partition coefficient (Wildman–Crippen LogP) is 0.773. The van der Waals surface area contributed by atoms with Crippen LogP contribution in [0, 0.1) is 0 Å². The molecule has 0 amide bonds. The number of hydrogen-bond donors (Lipinski definition) is 2. The van der Waals surface area contributed by atoms with E-state index in [1.807, 2.05) is 0 Å². The largest absolute Gasteiger partial charge is 0.399 e. The van der Waals surface area contributed by atoms with E-state index in [-0.39, 0.29) is 0 Å². The first kappa shape index (κ1) is 9.97. The first-order valence-electron chi connectivity index (χ1n) is 3.48. The summed E-state index contributed by atoms with van der Waals surface area (Å²) in [6.45, 7) is 0. The Labute approximate surface area is 78.6 Å². The maximum atomic E-state index is 10.3. The van der Waals surface area contributed by atoms with Crippen LogP contribution in [0.5, 0.6) is 0 Å². The van der Waals surface area contributed by atoms with Crippen LogP contribution < -0.4 is 10.8 Å². The van der Waals surface area contributed by atoms with Gasteiger partial charge in [0.25, 0.3) is 0 Å². The Hall–Kier alpha value is -1.11. The molecule has 1 rings (SSSR count). The van der Waals surface area contributed by atoms with Crippen molar-refractivity contribution >= 4 is 22.7 Å². The van der Waals surface area contributed by atoms with Gasteiger partial charge >= 0.3 is 11.4 Å². The topological polar surface area (TPSA) is 75.8 Å². The molecule has 0 bridgehead atoms. The van der Waals surface area contributed by atoms with E-state index in [4.69, 9.17) is 10.3 Å². The summed E-state index contributed by atoms with van der Waals surface area (Å²) >= 11 is -2.31. The molecule has 0 heterocycles. The van der Waals surface area contributed by atoms with Crippen LogP contribution in [0.25, 0.3) is 0 Å². The van der Waals surface area contributed by atoms with Crippen LogP contribution >= 0.6 is 0 Å². The molecule has 0 aliphatic rings. The molecule has 72 valence electrons. The van der Waals surface area contributed by atoms with Gasteiger partial charge in [-0.1, -0.05) is 0 Å². The number of nitrogens with zero attached hydrogens (tertiary/aromatic N) is 1. The predicted molar refractivity (Wildman–Crippen MR) is 51.1 cm³/mol. The number of benzene rings is 1. The minimum absolute atomic E-state index is 0.627. The fourth-order valence-electron chi connectivity index (χ4n) is 0.823. The van der Waals surface area contributed by atoms with E-state index in [9.17, 15) is 4.21 Å². The number of hydroxylamine groups is 1. The number of nitrogens with two attached hydrogens (primary N) is 1. The Morgan fingerprint density at radius 2 is 2.00 bits per heavy atom. The van der Waals surface area contributed by atoms with Gasteiger partial charge in [0, 0.05) is 12.7 Å². The van der Waals surface area contributed by atoms with Crippen molar-refractivity contribution in [2.75, 3.05) is 17.8 Å². The van der Waals surface area contributed by atoms with Crippen molar-refractivity contribution < 1.29 is 13.0 Å². The van der Waals surface area contributed by atoms with Crippen molar-refractivity contribution in [1.82, 2.24) is 0 Å². The van der Waals surface area contributed by atoms with E-state index in [1.54, 1.807) is 24.3 Å². The first-order valence-corrected chi connectivity index (χ1v) is 4.51. The number of nitrogen functional groups attached to an aromatic ring is 1. The molecule has 13 heavy (non-hydrogen) atoms. The Morgan fingerprint density at radius 3 is 2.46 bits per heavy atom. The lowest BCUT2D eigenvalue weighted by Gasteiger charge is -2.14. The zero-order chi connectivity index (χ0) is 9.84. The van der Waals surface area contributed by atoms with Gasteiger partial charge in [0.15, 0.2) is 0 Å². The molecule has 1 aromatic carbocycles. The molecule has 0 saturated heterocycles. The molecule has 1 unspecified atom stereocenters. The Morgan fingerprint density at radius 1 is 1.46 bits per heavy atom. The Bertz CT molecular complexity index is 301. The maximum Gasteiger partial charge on any atom is 0.325 e. The molecular formula is C7H10N2O3S. The fraction of sp³-hybridized carbons (Fsp3) is 0.143. The van der Waals surface area contributed by atoms with E-state index in [0.29, 0.717) is 11.4 Å². The van der Waals surface area contributed by atoms with Gasteiger partial charge in [-0.3, -0.25) is 4.55 Å². The van der Waals surface area contributed by atoms with Crippen LogP contribution in [0.4, 0.5) is 11.4 Å². The minimum atomic E-state index is -2.31. The number of hydrogen-bond acceptors (Lipinski definition) is 4. The lowest BCUT2D eigenvalue weighted by atomic mass is 10.3. The quantitative estimate of drug-likeness (QED) is 0.430. The van der Waals surface area contributed by atoms with E-state index in [0.717, 1.165) is 0 Å². The third-order valence-electron chi connectivity index (χ3n) is 1.43. The highest BCUT2D eigenvalue weighted by molar-refractivity contribution is 7.74. The lowest BCUT2D eigenvalue weighted by molar-refractivity contribution is 0.295. The summed E-state index contributed by atoms with van der Waals surface area (Å²) < 4.78 is 23.2. The van der Waals surface area contributed by atoms with Crippen molar-refractivity contribution in [1.29, 1.82) is 0 Å². The van der Waals surface area contributed by atoms with Gasteiger partial charge in [-0.25, -0.2) is 5.06 Å². The van der Waals surface area contributed by atoms with Gasteiger partial charge in [-0.05, 0) is 24.3 Å². The molecule has 0 radical (unpaired) electrons. The van der Waals surface area contributed by atoms with Gasteiger partial charge < -0.3 is 5.73 Å². The van der Waals surface area contributed by atoms with Crippen LogP contribution in [0.15, 0.2) is 24.3 Å². The maximum absolute atomic E-state index is 10.3. The van der Waals surface area contributed by atoms with E-state index >= 15 is 0 Å². The normalized spacial score (nSPS) is 12.5. The molecule has 0 aliphatic heterocycles. The Kier molecular flexibility index (Phi) is 3.24. The average Bonchev–Trinajstić information content (AvgIpc) is 2.04. The summed E-state index contributed by atoms with van der Waals surface area (Å²) in [6.07, 6.45) is 0. The Balaban J connectivity index is 2.71. The van der Waals surface area contributed by atoms with E-state index in [1.165, 1.54) is 12.1 Å². The van der Waals surface area contributed by atoms with Crippen molar-refractivity contribution in [2.45, 2.75) is 0 Å². The first-order chi connectivity index (χ1) is 6.09. The number of rotatable bonds is 3. The molecule has 0 saturated carbocycles. The zero-order valence-corrected chi connectivity index (χ0v) is 7.82. The molecule has 0 spiro atoms. The van der Waals surface area contributed by atoms with Crippen LogP contribution in [-0.4, -0.2) is 15.8 Å². The second-order valence-electron chi connectivity index (χ2n) is 2.38. The van der Waals surface area contributed by atoms with Crippen LogP contribution in [0.2, 0.25) is 0 Å². The van der Waals surface area contributed by atoms with E-state index in [2.05, 4.69) is 4.28 Å². The second kappa shape index (κ2) is 4.22. The van der Waals surface area contributed by atoms with Crippen molar-refractivity contribution in [2.24, 2.45) is 0 Å². The van der Waals surface area contributed by atoms with Gasteiger partial charge in [0.05, 0.1) is 5.69 Å². The SMILES string of the molecule is CN(OS(=O)O)c1ccc(N)cc1. The third-order valence-corrected chi connectivity index (χ3v) is 1.78. The fourth-order valence-corrected chi connectivity index (χ4v) is 1.10. The van der Waals surface area contributed by atoms with Crippen LogP contribution in [0.1, 0.15) is 0 Å². The summed E-state index contributed by atoms with van der Waals surface area (Å²) in [7, 11) is 1.53. The molecular weight excluding hydrogens is 192 g/mol. The second-order valence-corrected chi connectivity index (χ2v) is 2.96. The molecule has 1 atom stereocenters. The third kappa shape index (κ3) is 3.02. The average molecular weight is 202 g/mol. The van der Waals surface area contributed by atoms with Gasteiger partial charge in [0.2, 0.25) is 0 Å². The summed E-state index contributed by atoms with van der Waals surface area (Å²) in [5, 5.41) is 1.19. The summed E-state index contributed by atoms with van der Waals surface area (Å²) in [6, 6.07) is 6.72. The molecule has 6 heteroatoms. The molecule has 0 aromatic heterocycles. The van der Waals surface area contributed by atoms with Crippen LogP contribution in [-0.2, 0) is 15.6 Å². The lowest BCUT2D eigenvalue weighted by Crippen LogP contribution is -2.18.